The number of benzene rings is 1. The van der Waals surface area contributed by atoms with E-state index in [1.165, 1.54) is 17.1 Å². The molecule has 1 aliphatic heterocycles. The van der Waals surface area contributed by atoms with E-state index in [-0.39, 0.29) is 11.8 Å². The second-order valence-corrected chi connectivity index (χ2v) is 4.16. The van der Waals surface area contributed by atoms with E-state index < -0.39 is 0 Å². The number of nitrogens with zero attached hydrogens (tertiary/aromatic N) is 1. The van der Waals surface area contributed by atoms with Crippen molar-refractivity contribution < 1.29 is 9.59 Å². The largest absolute Gasteiger partial charge is 0.399 e. The Morgan fingerprint density at radius 1 is 1.12 bits per heavy atom. The standard InChI is InChI=1S/C13H14N2O2/c1-9-6-10(8-11(14)7-9)4-5-15-12(16)2-3-13(15)17/h2-3,6-8H,4-5,14H2,1H3. The smallest absolute Gasteiger partial charge is 0.253 e. The summed E-state index contributed by atoms with van der Waals surface area (Å²) in [4.78, 5) is 23.9. The number of nitrogen functional groups attached to an aromatic ring is 1. The Labute approximate surface area is 99.7 Å². The number of hydrogen-bond acceptors (Lipinski definition) is 3. The summed E-state index contributed by atoms with van der Waals surface area (Å²) in [5, 5.41) is 0. The van der Waals surface area contributed by atoms with E-state index in [0.29, 0.717) is 18.7 Å². The number of nitrogens with two attached hydrogens (primary N) is 1. The molecule has 0 atom stereocenters. The Hall–Kier alpha value is -2.10. The van der Waals surface area contributed by atoms with Gasteiger partial charge in [-0.2, -0.15) is 0 Å². The van der Waals surface area contributed by atoms with E-state index >= 15 is 0 Å². The lowest BCUT2D eigenvalue weighted by atomic mass is 10.1. The number of hydrogen-bond donors (Lipinski definition) is 1. The van der Waals surface area contributed by atoms with Gasteiger partial charge in [0.1, 0.15) is 0 Å². The maximum absolute atomic E-state index is 11.3. The van der Waals surface area contributed by atoms with Gasteiger partial charge >= 0.3 is 0 Å². The van der Waals surface area contributed by atoms with Crippen molar-refractivity contribution in [1.82, 2.24) is 4.90 Å². The van der Waals surface area contributed by atoms with Crippen LogP contribution in [0.5, 0.6) is 0 Å². The highest BCUT2D eigenvalue weighted by Crippen LogP contribution is 2.13. The Kier molecular flexibility index (Phi) is 2.95. The Morgan fingerprint density at radius 2 is 1.76 bits per heavy atom. The Morgan fingerprint density at radius 3 is 2.35 bits per heavy atom. The van der Waals surface area contributed by atoms with Crippen LogP contribution in [0.1, 0.15) is 11.1 Å². The van der Waals surface area contributed by atoms with E-state index in [4.69, 9.17) is 5.73 Å². The molecule has 1 aliphatic rings. The molecule has 0 aliphatic carbocycles. The number of amides is 2. The number of anilines is 1. The molecule has 0 aromatic heterocycles. The molecular formula is C13H14N2O2. The van der Waals surface area contributed by atoms with Gasteiger partial charge in [0.25, 0.3) is 11.8 Å². The van der Waals surface area contributed by atoms with Gasteiger partial charge < -0.3 is 5.73 Å². The number of aryl methyl sites for hydroxylation is 1. The lowest BCUT2D eigenvalue weighted by Crippen LogP contribution is -2.31. The second kappa shape index (κ2) is 4.41. The second-order valence-electron chi connectivity index (χ2n) is 4.16. The average Bonchev–Trinajstić information content (AvgIpc) is 2.55. The lowest BCUT2D eigenvalue weighted by Gasteiger charge is -2.13. The highest BCUT2D eigenvalue weighted by atomic mass is 16.2. The molecule has 0 spiro atoms. The van der Waals surface area contributed by atoms with Crippen LogP contribution >= 0.6 is 0 Å². The number of carbonyl (C=O) groups excluding carboxylic acids is 2. The third-order valence-electron chi connectivity index (χ3n) is 2.68. The van der Waals surface area contributed by atoms with Crippen molar-refractivity contribution >= 4 is 17.5 Å². The molecule has 0 fully saturated rings. The first-order valence-electron chi connectivity index (χ1n) is 5.46. The van der Waals surface area contributed by atoms with E-state index in [9.17, 15) is 9.59 Å². The van der Waals surface area contributed by atoms with Crippen LogP contribution in [0, 0.1) is 6.92 Å². The highest BCUT2D eigenvalue weighted by molar-refractivity contribution is 6.12. The molecule has 0 unspecified atom stereocenters. The Bertz CT molecular complexity index is 468. The zero-order valence-corrected chi connectivity index (χ0v) is 9.64. The summed E-state index contributed by atoms with van der Waals surface area (Å²) in [6, 6.07) is 5.76. The van der Waals surface area contributed by atoms with E-state index in [0.717, 1.165) is 11.1 Å². The number of imide groups is 1. The van der Waals surface area contributed by atoms with Crippen molar-refractivity contribution in [2.75, 3.05) is 12.3 Å². The summed E-state index contributed by atoms with van der Waals surface area (Å²) < 4.78 is 0. The molecule has 2 rings (SSSR count). The lowest BCUT2D eigenvalue weighted by molar-refractivity contribution is -0.136. The molecule has 1 heterocycles. The summed E-state index contributed by atoms with van der Waals surface area (Å²) in [6.07, 6.45) is 3.23. The van der Waals surface area contributed by atoms with Gasteiger partial charge in [-0.15, -0.1) is 0 Å². The average molecular weight is 230 g/mol. The fourth-order valence-corrected chi connectivity index (χ4v) is 1.93. The minimum atomic E-state index is -0.240. The van der Waals surface area contributed by atoms with Crippen LogP contribution in [0.25, 0.3) is 0 Å². The van der Waals surface area contributed by atoms with Crippen LogP contribution in [-0.4, -0.2) is 23.3 Å². The van der Waals surface area contributed by atoms with E-state index in [1.54, 1.807) is 0 Å². The van der Waals surface area contributed by atoms with Gasteiger partial charge in [0, 0.05) is 24.4 Å². The molecule has 1 aromatic rings. The summed E-state index contributed by atoms with van der Waals surface area (Å²) in [7, 11) is 0. The van der Waals surface area contributed by atoms with Crippen molar-refractivity contribution in [3.8, 4) is 0 Å². The van der Waals surface area contributed by atoms with Gasteiger partial charge in [-0.3, -0.25) is 14.5 Å². The maximum atomic E-state index is 11.3. The predicted molar refractivity (Wildman–Crippen MR) is 65.2 cm³/mol. The van der Waals surface area contributed by atoms with Crippen molar-refractivity contribution in [1.29, 1.82) is 0 Å². The van der Waals surface area contributed by atoms with Gasteiger partial charge in [0.15, 0.2) is 0 Å². The van der Waals surface area contributed by atoms with Crippen LogP contribution in [0.2, 0.25) is 0 Å². The molecule has 17 heavy (non-hydrogen) atoms. The summed E-state index contributed by atoms with van der Waals surface area (Å²) in [5.41, 5.74) is 8.56. The van der Waals surface area contributed by atoms with Crippen molar-refractivity contribution in [2.24, 2.45) is 0 Å². The molecule has 0 saturated carbocycles. The minimum Gasteiger partial charge on any atom is -0.399 e. The normalized spacial score (nSPS) is 14.8. The zero-order chi connectivity index (χ0) is 12.4. The third kappa shape index (κ3) is 2.53. The molecule has 0 radical (unpaired) electrons. The van der Waals surface area contributed by atoms with Gasteiger partial charge in [-0.1, -0.05) is 6.07 Å². The number of carbonyl (C=O) groups is 2. The fraction of sp³-hybridized carbons (Fsp3) is 0.231. The topological polar surface area (TPSA) is 63.4 Å². The summed E-state index contributed by atoms with van der Waals surface area (Å²) in [6.45, 7) is 2.36. The molecule has 0 bridgehead atoms. The molecule has 4 heteroatoms. The number of rotatable bonds is 3. The molecule has 4 nitrogen and oxygen atoms in total. The van der Waals surface area contributed by atoms with Crippen LogP contribution < -0.4 is 5.73 Å². The van der Waals surface area contributed by atoms with Crippen LogP contribution in [0.15, 0.2) is 30.4 Å². The highest BCUT2D eigenvalue weighted by Gasteiger charge is 2.22. The van der Waals surface area contributed by atoms with Gasteiger partial charge in [-0.25, -0.2) is 0 Å². The van der Waals surface area contributed by atoms with Crippen molar-refractivity contribution in [3.63, 3.8) is 0 Å². The summed E-state index contributed by atoms with van der Waals surface area (Å²) in [5.74, 6) is -0.480. The Balaban J connectivity index is 2.03. The fourth-order valence-electron chi connectivity index (χ4n) is 1.93. The molecule has 1 aromatic carbocycles. The minimum absolute atomic E-state index is 0.240. The molecule has 2 amide bonds. The first-order chi connectivity index (χ1) is 8.06. The SMILES string of the molecule is Cc1cc(N)cc(CCN2C(=O)C=CC2=O)c1. The molecule has 0 saturated heterocycles. The molecule has 2 N–H and O–H groups in total. The quantitative estimate of drug-likeness (QED) is 0.623. The molecular weight excluding hydrogens is 216 g/mol. The van der Waals surface area contributed by atoms with E-state index in [2.05, 4.69) is 0 Å². The predicted octanol–water partition coefficient (Wildman–Crippen LogP) is 1.04. The molecule has 88 valence electrons. The van der Waals surface area contributed by atoms with Crippen molar-refractivity contribution in [3.05, 3.63) is 41.5 Å². The van der Waals surface area contributed by atoms with Gasteiger partial charge in [-0.05, 0) is 36.6 Å². The van der Waals surface area contributed by atoms with Crippen LogP contribution in [0.3, 0.4) is 0 Å². The summed E-state index contributed by atoms with van der Waals surface area (Å²) >= 11 is 0. The van der Waals surface area contributed by atoms with Crippen molar-refractivity contribution in [2.45, 2.75) is 13.3 Å². The van der Waals surface area contributed by atoms with E-state index in [1.807, 2.05) is 25.1 Å². The first-order valence-corrected chi connectivity index (χ1v) is 5.46. The first kappa shape index (κ1) is 11.4. The zero-order valence-electron chi connectivity index (χ0n) is 9.64. The maximum Gasteiger partial charge on any atom is 0.253 e. The van der Waals surface area contributed by atoms with Gasteiger partial charge in [0.2, 0.25) is 0 Å². The monoisotopic (exact) mass is 230 g/mol. The van der Waals surface area contributed by atoms with Crippen LogP contribution in [0.4, 0.5) is 5.69 Å². The third-order valence-corrected chi connectivity index (χ3v) is 2.68. The van der Waals surface area contributed by atoms with Crippen LogP contribution in [-0.2, 0) is 16.0 Å². The van der Waals surface area contributed by atoms with Gasteiger partial charge in [0.05, 0.1) is 0 Å².